The number of halogens is 1. The van der Waals surface area contributed by atoms with Crippen LogP contribution in [0.25, 0.3) is 0 Å². The van der Waals surface area contributed by atoms with Gasteiger partial charge < -0.3 is 19.9 Å². The van der Waals surface area contributed by atoms with E-state index in [1.807, 2.05) is 25.1 Å². The normalized spacial score (nSPS) is 18.8. The quantitative estimate of drug-likeness (QED) is 0.740. The Morgan fingerprint density at radius 2 is 2.00 bits per heavy atom. The summed E-state index contributed by atoms with van der Waals surface area (Å²) in [5.41, 5.74) is 1.13. The van der Waals surface area contributed by atoms with Gasteiger partial charge in [-0.25, -0.2) is 4.79 Å². The molecule has 2 fully saturated rings. The van der Waals surface area contributed by atoms with E-state index in [0.717, 1.165) is 16.5 Å². The van der Waals surface area contributed by atoms with E-state index in [1.165, 1.54) is 4.90 Å². The predicted molar refractivity (Wildman–Crippen MR) is 99.8 cm³/mol. The molecular weight excluding hydrogens is 402 g/mol. The number of rotatable bonds is 2. The van der Waals surface area contributed by atoms with E-state index in [1.54, 1.807) is 11.9 Å². The van der Waals surface area contributed by atoms with Crippen LogP contribution in [0.5, 0.6) is 0 Å². The van der Waals surface area contributed by atoms with Crippen LogP contribution in [0.2, 0.25) is 0 Å². The molecule has 0 unspecified atom stereocenters. The van der Waals surface area contributed by atoms with Crippen molar-refractivity contribution in [2.24, 2.45) is 0 Å². The molecule has 7 nitrogen and oxygen atoms in total. The third-order valence-electron chi connectivity index (χ3n) is 4.98. The van der Waals surface area contributed by atoms with Crippen LogP contribution in [0.3, 0.4) is 0 Å². The number of piperidine rings is 1. The molecule has 0 radical (unpaired) electrons. The lowest BCUT2D eigenvalue weighted by Gasteiger charge is -2.36. The summed E-state index contributed by atoms with van der Waals surface area (Å²) in [4.78, 5) is 39.5. The van der Waals surface area contributed by atoms with E-state index in [-0.39, 0.29) is 6.09 Å². The van der Waals surface area contributed by atoms with Crippen molar-refractivity contribution in [2.45, 2.75) is 31.8 Å². The van der Waals surface area contributed by atoms with Crippen LogP contribution in [-0.4, -0.2) is 60.0 Å². The van der Waals surface area contributed by atoms with Gasteiger partial charge in [-0.1, -0.05) is 13.0 Å². The zero-order valence-corrected chi connectivity index (χ0v) is 16.5. The average Bonchev–Trinajstić information content (AvgIpc) is 2.90. The van der Waals surface area contributed by atoms with Crippen molar-refractivity contribution in [2.75, 3.05) is 32.0 Å². The van der Waals surface area contributed by atoms with Crippen molar-refractivity contribution in [1.82, 2.24) is 9.80 Å². The topological polar surface area (TPSA) is 79.0 Å². The first kappa shape index (κ1) is 18.7. The Kier molecular flexibility index (Phi) is 5.22. The maximum Gasteiger partial charge on any atom is 0.410 e. The second kappa shape index (κ2) is 7.26. The summed E-state index contributed by atoms with van der Waals surface area (Å²) < 4.78 is 6.20. The minimum absolute atomic E-state index is 0.330. The molecule has 0 saturated carbocycles. The molecule has 1 aromatic rings. The zero-order chi connectivity index (χ0) is 18.9. The minimum Gasteiger partial charge on any atom is -0.441 e. The van der Waals surface area contributed by atoms with Crippen LogP contribution in [0.15, 0.2) is 22.7 Å². The van der Waals surface area contributed by atoms with Gasteiger partial charge in [0.15, 0.2) is 0 Å². The number of likely N-dealkylation sites (tertiary alicyclic amines) is 1. The van der Waals surface area contributed by atoms with Crippen LogP contribution in [0.1, 0.15) is 25.3 Å². The first-order chi connectivity index (χ1) is 12.3. The third-order valence-corrected chi connectivity index (χ3v) is 5.68. The van der Waals surface area contributed by atoms with Crippen LogP contribution < -0.4 is 5.32 Å². The first-order valence-electron chi connectivity index (χ1n) is 8.66. The Morgan fingerprint density at radius 3 is 2.58 bits per heavy atom. The maximum atomic E-state index is 12.5. The molecule has 3 amide bonds. The van der Waals surface area contributed by atoms with Crippen molar-refractivity contribution in [1.29, 1.82) is 0 Å². The number of likely N-dealkylation sites (N-methyl/N-ethyl adjacent to an activating group) is 1. The monoisotopic (exact) mass is 423 g/mol. The predicted octanol–water partition coefficient (Wildman–Crippen LogP) is 2.39. The number of carbonyl (C=O) groups excluding carboxylic acids is 3. The number of nitrogens with one attached hydrogen (secondary N) is 1. The van der Waals surface area contributed by atoms with Gasteiger partial charge in [0.2, 0.25) is 0 Å². The molecule has 2 heterocycles. The standard InChI is InChI=1S/C18H22BrN3O4/c1-3-12-4-5-13(19)14(10-12)20-15(23)16(24)22-8-6-18(7-9-22)11-21(2)17(25)26-18/h4-5,10H,3,6-9,11H2,1-2H3,(H,20,23). The number of hydrogen-bond acceptors (Lipinski definition) is 4. The highest BCUT2D eigenvalue weighted by molar-refractivity contribution is 9.10. The molecule has 1 spiro atoms. The minimum atomic E-state index is -0.657. The molecule has 0 atom stereocenters. The number of nitrogens with zero attached hydrogens (tertiary/aromatic N) is 2. The van der Waals surface area contributed by atoms with Crippen molar-refractivity contribution in [3.63, 3.8) is 0 Å². The number of anilines is 1. The van der Waals surface area contributed by atoms with Gasteiger partial charge in [0.25, 0.3) is 0 Å². The van der Waals surface area contributed by atoms with Crippen LogP contribution >= 0.6 is 15.9 Å². The van der Waals surface area contributed by atoms with Crippen molar-refractivity contribution >= 4 is 39.5 Å². The molecular formula is C18H22BrN3O4. The van der Waals surface area contributed by atoms with E-state index < -0.39 is 17.4 Å². The fourth-order valence-corrected chi connectivity index (χ4v) is 3.72. The van der Waals surface area contributed by atoms with E-state index >= 15 is 0 Å². The van der Waals surface area contributed by atoms with Gasteiger partial charge in [0, 0.05) is 37.5 Å². The van der Waals surface area contributed by atoms with Crippen LogP contribution in [-0.2, 0) is 20.7 Å². The molecule has 2 aliphatic rings. The molecule has 1 aromatic carbocycles. The van der Waals surface area contributed by atoms with Gasteiger partial charge in [0.05, 0.1) is 12.2 Å². The van der Waals surface area contributed by atoms with Gasteiger partial charge in [-0.05, 0) is 40.0 Å². The Balaban J connectivity index is 1.60. The largest absolute Gasteiger partial charge is 0.441 e. The summed E-state index contributed by atoms with van der Waals surface area (Å²) in [6, 6.07) is 5.67. The molecule has 8 heteroatoms. The molecule has 26 heavy (non-hydrogen) atoms. The number of aryl methyl sites for hydroxylation is 1. The fourth-order valence-electron chi connectivity index (χ4n) is 3.38. The molecule has 0 bridgehead atoms. The lowest BCUT2D eigenvalue weighted by molar-refractivity contribution is -0.145. The number of benzene rings is 1. The average molecular weight is 424 g/mol. The number of carbonyl (C=O) groups is 3. The van der Waals surface area contributed by atoms with Gasteiger partial charge in [-0.15, -0.1) is 0 Å². The number of ether oxygens (including phenoxy) is 1. The molecule has 2 aliphatic heterocycles. The van der Waals surface area contributed by atoms with Gasteiger partial charge in [-0.2, -0.15) is 0 Å². The van der Waals surface area contributed by atoms with Gasteiger partial charge in [-0.3, -0.25) is 9.59 Å². The lowest BCUT2D eigenvalue weighted by atomic mass is 9.91. The highest BCUT2D eigenvalue weighted by Gasteiger charge is 2.46. The van der Waals surface area contributed by atoms with Crippen LogP contribution in [0.4, 0.5) is 10.5 Å². The van der Waals surface area contributed by atoms with Gasteiger partial charge >= 0.3 is 17.9 Å². The number of hydrogen-bond donors (Lipinski definition) is 1. The van der Waals surface area contributed by atoms with E-state index in [2.05, 4.69) is 21.2 Å². The van der Waals surface area contributed by atoms with Crippen molar-refractivity contribution in [3.8, 4) is 0 Å². The van der Waals surface area contributed by atoms with E-state index in [4.69, 9.17) is 4.74 Å². The summed E-state index contributed by atoms with van der Waals surface area (Å²) >= 11 is 3.39. The SMILES string of the molecule is CCc1ccc(Br)c(NC(=O)C(=O)N2CCC3(CC2)CN(C)C(=O)O3)c1. The second-order valence-electron chi connectivity index (χ2n) is 6.82. The maximum absolute atomic E-state index is 12.5. The van der Waals surface area contributed by atoms with Crippen LogP contribution in [0, 0.1) is 0 Å². The zero-order valence-electron chi connectivity index (χ0n) is 14.9. The highest BCUT2D eigenvalue weighted by atomic mass is 79.9. The molecule has 2 saturated heterocycles. The first-order valence-corrected chi connectivity index (χ1v) is 9.46. The lowest BCUT2D eigenvalue weighted by Crippen LogP contribution is -2.51. The molecule has 1 N–H and O–H groups in total. The van der Waals surface area contributed by atoms with E-state index in [0.29, 0.717) is 38.2 Å². The van der Waals surface area contributed by atoms with Crippen molar-refractivity contribution in [3.05, 3.63) is 28.2 Å². The second-order valence-corrected chi connectivity index (χ2v) is 7.68. The Hall–Kier alpha value is -2.09. The Bertz CT molecular complexity index is 744. The number of amides is 3. The molecule has 0 aliphatic carbocycles. The fraction of sp³-hybridized carbons (Fsp3) is 0.500. The molecule has 140 valence electrons. The summed E-state index contributed by atoms with van der Waals surface area (Å²) in [5.74, 6) is -1.22. The Labute approximate surface area is 160 Å². The molecule has 0 aromatic heterocycles. The summed E-state index contributed by atoms with van der Waals surface area (Å²) in [5, 5.41) is 2.69. The summed E-state index contributed by atoms with van der Waals surface area (Å²) in [7, 11) is 1.70. The summed E-state index contributed by atoms with van der Waals surface area (Å²) in [6.45, 7) is 3.33. The Morgan fingerprint density at radius 1 is 1.31 bits per heavy atom. The van der Waals surface area contributed by atoms with Gasteiger partial charge in [0.1, 0.15) is 5.60 Å². The summed E-state index contributed by atoms with van der Waals surface area (Å²) in [6.07, 6.45) is 1.59. The third kappa shape index (κ3) is 3.70. The molecule has 3 rings (SSSR count). The van der Waals surface area contributed by atoms with E-state index in [9.17, 15) is 14.4 Å². The smallest absolute Gasteiger partial charge is 0.410 e. The highest BCUT2D eigenvalue weighted by Crippen LogP contribution is 2.32. The van der Waals surface area contributed by atoms with Crippen molar-refractivity contribution < 1.29 is 19.1 Å².